The van der Waals surface area contributed by atoms with Gasteiger partial charge in [-0.25, -0.2) is 0 Å². The number of aryl methyl sites for hydroxylation is 2. The molecule has 0 bridgehead atoms. The molecule has 0 saturated carbocycles. The summed E-state index contributed by atoms with van der Waals surface area (Å²) < 4.78 is 0. The molecule has 3 rings (SSSR count). The van der Waals surface area contributed by atoms with E-state index < -0.39 is 0 Å². The summed E-state index contributed by atoms with van der Waals surface area (Å²) in [7, 11) is 0. The second kappa shape index (κ2) is 5.09. The van der Waals surface area contributed by atoms with Gasteiger partial charge in [0.15, 0.2) is 5.78 Å². The number of rotatable bonds is 1. The standard InChI is InChI=1S/C19H18O/c1-13-10-14(2)17-9-8-16(19(20)18(17)11-13)12-15-6-4-3-5-7-15/h3-7,10-12H,8-9H2,1-2H3. The molecule has 0 aromatic heterocycles. The first kappa shape index (κ1) is 12.9. The van der Waals surface area contributed by atoms with Crippen molar-refractivity contribution >= 4 is 11.9 Å². The fourth-order valence-electron chi connectivity index (χ4n) is 2.97. The van der Waals surface area contributed by atoms with E-state index in [0.29, 0.717) is 0 Å². The van der Waals surface area contributed by atoms with Gasteiger partial charge in [0.25, 0.3) is 0 Å². The molecule has 1 aliphatic carbocycles. The molecule has 20 heavy (non-hydrogen) atoms. The van der Waals surface area contributed by atoms with Gasteiger partial charge in [-0.15, -0.1) is 0 Å². The maximum Gasteiger partial charge on any atom is 0.189 e. The molecule has 0 atom stereocenters. The van der Waals surface area contributed by atoms with Crippen LogP contribution in [0.4, 0.5) is 0 Å². The number of benzene rings is 2. The van der Waals surface area contributed by atoms with Gasteiger partial charge < -0.3 is 0 Å². The van der Waals surface area contributed by atoms with Gasteiger partial charge in [-0.1, -0.05) is 42.0 Å². The van der Waals surface area contributed by atoms with Crippen molar-refractivity contribution in [2.45, 2.75) is 26.7 Å². The van der Waals surface area contributed by atoms with Crippen LogP contribution in [0.3, 0.4) is 0 Å². The van der Waals surface area contributed by atoms with Gasteiger partial charge in [-0.2, -0.15) is 0 Å². The van der Waals surface area contributed by atoms with Gasteiger partial charge >= 0.3 is 0 Å². The predicted molar refractivity (Wildman–Crippen MR) is 83.0 cm³/mol. The van der Waals surface area contributed by atoms with Crippen LogP contribution in [0.5, 0.6) is 0 Å². The second-order valence-electron chi connectivity index (χ2n) is 5.52. The summed E-state index contributed by atoms with van der Waals surface area (Å²) in [5.74, 6) is 0.196. The first-order valence-corrected chi connectivity index (χ1v) is 7.05. The third kappa shape index (κ3) is 2.32. The quantitative estimate of drug-likeness (QED) is 0.691. The maximum atomic E-state index is 12.7. The van der Waals surface area contributed by atoms with E-state index in [-0.39, 0.29) is 5.78 Å². The lowest BCUT2D eigenvalue weighted by Gasteiger charge is -2.20. The molecule has 0 radical (unpaired) electrons. The topological polar surface area (TPSA) is 17.1 Å². The summed E-state index contributed by atoms with van der Waals surface area (Å²) >= 11 is 0. The van der Waals surface area contributed by atoms with Crippen molar-refractivity contribution in [3.63, 3.8) is 0 Å². The van der Waals surface area contributed by atoms with E-state index in [1.54, 1.807) is 0 Å². The van der Waals surface area contributed by atoms with Gasteiger partial charge in [-0.3, -0.25) is 4.79 Å². The minimum Gasteiger partial charge on any atom is -0.289 e. The highest BCUT2D eigenvalue weighted by atomic mass is 16.1. The summed E-state index contributed by atoms with van der Waals surface area (Å²) in [6, 6.07) is 14.3. The smallest absolute Gasteiger partial charge is 0.189 e. The largest absolute Gasteiger partial charge is 0.289 e. The molecule has 100 valence electrons. The second-order valence-corrected chi connectivity index (χ2v) is 5.52. The minimum absolute atomic E-state index is 0.196. The number of fused-ring (bicyclic) bond motifs is 1. The van der Waals surface area contributed by atoms with E-state index in [9.17, 15) is 4.79 Å². The van der Waals surface area contributed by atoms with Gasteiger partial charge in [0, 0.05) is 11.1 Å². The molecule has 0 N–H and O–H groups in total. The molecule has 0 fully saturated rings. The van der Waals surface area contributed by atoms with Crippen molar-refractivity contribution in [2.75, 3.05) is 0 Å². The number of Topliss-reactive ketones (excluding diaryl/α,β-unsaturated/α-hetero) is 1. The zero-order valence-corrected chi connectivity index (χ0v) is 11.9. The lowest BCUT2D eigenvalue weighted by molar-refractivity contribution is 0.102. The van der Waals surface area contributed by atoms with Crippen LogP contribution in [-0.4, -0.2) is 5.78 Å². The Morgan fingerprint density at radius 2 is 1.75 bits per heavy atom. The van der Waals surface area contributed by atoms with Gasteiger partial charge in [0.05, 0.1) is 0 Å². The number of carbonyl (C=O) groups excluding carboxylic acids is 1. The summed E-state index contributed by atoms with van der Waals surface area (Å²) in [6.45, 7) is 4.15. The highest BCUT2D eigenvalue weighted by Crippen LogP contribution is 2.29. The SMILES string of the molecule is Cc1cc(C)c2c(c1)C(=O)C(=Cc1ccccc1)CC2. The Labute approximate surface area is 120 Å². The van der Waals surface area contributed by atoms with Crippen LogP contribution in [0.2, 0.25) is 0 Å². The molecule has 1 aliphatic rings. The molecule has 0 amide bonds. The Morgan fingerprint density at radius 3 is 2.50 bits per heavy atom. The molecule has 0 unspecified atom stereocenters. The predicted octanol–water partition coefficient (Wildman–Crippen LogP) is 4.52. The molecular weight excluding hydrogens is 244 g/mol. The zero-order chi connectivity index (χ0) is 14.1. The molecule has 0 aliphatic heterocycles. The highest BCUT2D eigenvalue weighted by Gasteiger charge is 2.23. The van der Waals surface area contributed by atoms with Crippen molar-refractivity contribution < 1.29 is 4.79 Å². The summed E-state index contributed by atoms with van der Waals surface area (Å²) in [4.78, 5) is 12.7. The van der Waals surface area contributed by atoms with Crippen molar-refractivity contribution in [2.24, 2.45) is 0 Å². The van der Waals surface area contributed by atoms with Gasteiger partial charge in [-0.05, 0) is 55.5 Å². The maximum absolute atomic E-state index is 12.7. The molecule has 0 heterocycles. The van der Waals surface area contributed by atoms with E-state index in [2.05, 4.69) is 19.9 Å². The average Bonchev–Trinajstić information content (AvgIpc) is 2.43. The van der Waals surface area contributed by atoms with Crippen molar-refractivity contribution in [1.82, 2.24) is 0 Å². The molecule has 2 aromatic carbocycles. The van der Waals surface area contributed by atoms with Crippen LogP contribution in [0.25, 0.3) is 6.08 Å². The fourth-order valence-corrected chi connectivity index (χ4v) is 2.97. The average molecular weight is 262 g/mol. The number of ketones is 1. The highest BCUT2D eigenvalue weighted by molar-refractivity contribution is 6.13. The van der Waals surface area contributed by atoms with E-state index in [1.165, 1.54) is 11.1 Å². The summed E-state index contributed by atoms with van der Waals surface area (Å²) in [5, 5.41) is 0. The van der Waals surface area contributed by atoms with Gasteiger partial charge in [0.1, 0.15) is 0 Å². The molecule has 0 spiro atoms. The van der Waals surface area contributed by atoms with E-state index in [1.807, 2.05) is 42.5 Å². The molecule has 1 heteroatoms. The Hall–Kier alpha value is -2.15. The van der Waals surface area contributed by atoms with E-state index in [4.69, 9.17) is 0 Å². The van der Waals surface area contributed by atoms with Crippen LogP contribution in [-0.2, 0) is 6.42 Å². The van der Waals surface area contributed by atoms with Crippen molar-refractivity contribution in [1.29, 1.82) is 0 Å². The van der Waals surface area contributed by atoms with Gasteiger partial charge in [0.2, 0.25) is 0 Å². The number of hydrogen-bond acceptors (Lipinski definition) is 1. The van der Waals surface area contributed by atoms with Crippen LogP contribution >= 0.6 is 0 Å². The lowest BCUT2D eigenvalue weighted by Crippen LogP contribution is -2.15. The summed E-state index contributed by atoms with van der Waals surface area (Å²) in [6.07, 6.45) is 3.83. The van der Waals surface area contributed by atoms with Crippen LogP contribution in [0.1, 0.15) is 39.0 Å². The Bertz CT molecular complexity index is 693. The molecule has 1 nitrogen and oxygen atoms in total. The molecular formula is C19H18O. The summed E-state index contributed by atoms with van der Waals surface area (Å²) in [5.41, 5.74) is 6.56. The minimum atomic E-state index is 0.196. The van der Waals surface area contributed by atoms with Crippen LogP contribution in [0.15, 0.2) is 48.0 Å². The lowest BCUT2D eigenvalue weighted by atomic mass is 9.83. The number of hydrogen-bond donors (Lipinski definition) is 0. The number of allylic oxidation sites excluding steroid dienone is 1. The molecule has 2 aromatic rings. The third-order valence-electron chi connectivity index (χ3n) is 3.94. The Morgan fingerprint density at radius 1 is 1.00 bits per heavy atom. The fraction of sp³-hybridized carbons (Fsp3) is 0.211. The molecule has 0 saturated heterocycles. The van der Waals surface area contributed by atoms with Crippen LogP contribution in [0, 0.1) is 13.8 Å². The normalized spacial score (nSPS) is 16.3. The van der Waals surface area contributed by atoms with Crippen molar-refractivity contribution in [3.8, 4) is 0 Å². The van der Waals surface area contributed by atoms with Crippen molar-refractivity contribution in [3.05, 3.63) is 75.9 Å². The van der Waals surface area contributed by atoms with E-state index >= 15 is 0 Å². The van der Waals surface area contributed by atoms with Crippen LogP contribution < -0.4 is 0 Å². The Balaban J connectivity index is 2.03. The Kier molecular flexibility index (Phi) is 3.27. The monoisotopic (exact) mass is 262 g/mol. The number of carbonyl (C=O) groups is 1. The first-order valence-electron chi connectivity index (χ1n) is 7.05. The zero-order valence-electron chi connectivity index (χ0n) is 11.9. The first-order chi connectivity index (χ1) is 9.65. The third-order valence-corrected chi connectivity index (χ3v) is 3.94. The van der Waals surface area contributed by atoms with E-state index in [0.717, 1.165) is 35.1 Å².